The van der Waals surface area contributed by atoms with E-state index in [0.29, 0.717) is 18.0 Å². The highest BCUT2D eigenvalue weighted by molar-refractivity contribution is 5.58. The van der Waals surface area contributed by atoms with Crippen LogP contribution in [0.2, 0.25) is 0 Å². The van der Waals surface area contributed by atoms with Crippen molar-refractivity contribution < 1.29 is 0 Å². The maximum absolute atomic E-state index is 5.06. The average Bonchev–Trinajstić information content (AvgIpc) is 3.23. The van der Waals surface area contributed by atoms with Crippen LogP contribution in [0.1, 0.15) is 80.0 Å². The summed E-state index contributed by atoms with van der Waals surface area (Å²) < 4.78 is 2.44. The van der Waals surface area contributed by atoms with Gasteiger partial charge in [0.25, 0.3) is 0 Å². The molecule has 2 aromatic heterocycles. The third-order valence-corrected chi connectivity index (χ3v) is 8.45. The van der Waals surface area contributed by atoms with Crippen molar-refractivity contribution in [2.24, 2.45) is 5.92 Å². The molecule has 1 aliphatic carbocycles. The fourth-order valence-electron chi connectivity index (χ4n) is 6.44. The number of likely N-dealkylation sites (N-methyl/N-ethyl adjacent to an activating group) is 1. The summed E-state index contributed by atoms with van der Waals surface area (Å²) >= 11 is 0. The summed E-state index contributed by atoms with van der Waals surface area (Å²) in [7, 11) is 6.68. The van der Waals surface area contributed by atoms with Crippen LogP contribution in [0.4, 0.5) is 0 Å². The van der Waals surface area contributed by atoms with Crippen LogP contribution >= 0.6 is 0 Å². The second kappa shape index (κ2) is 13.0. The second-order valence-electron chi connectivity index (χ2n) is 11.4. The molecule has 3 atom stereocenters. The van der Waals surface area contributed by atoms with Crippen LogP contribution in [0.3, 0.4) is 0 Å². The lowest BCUT2D eigenvalue weighted by Gasteiger charge is -2.37. The normalized spacial score (nSPS) is 21.2. The monoisotopic (exact) mass is 504 g/mol. The molecule has 0 bridgehead atoms. The molecule has 0 radical (unpaired) electrons. The van der Waals surface area contributed by atoms with Gasteiger partial charge in [0.05, 0.1) is 29.7 Å². The minimum absolute atomic E-state index is 0.334. The Morgan fingerprint density at radius 2 is 2.00 bits per heavy atom. The first-order chi connectivity index (χ1) is 17.9. The highest BCUT2D eigenvalue weighted by Crippen LogP contribution is 2.33. The summed E-state index contributed by atoms with van der Waals surface area (Å²) in [6.07, 6.45) is 14.3. The van der Waals surface area contributed by atoms with E-state index in [0.717, 1.165) is 56.2 Å². The number of aromatic nitrogens is 3. The summed E-state index contributed by atoms with van der Waals surface area (Å²) in [5, 5.41) is 0. The molecule has 6 nitrogen and oxygen atoms in total. The fraction of sp³-hybridized carbons (Fsp3) is 0.613. The zero-order valence-electron chi connectivity index (χ0n) is 23.7. The molecule has 2 aromatic rings. The van der Waals surface area contributed by atoms with Gasteiger partial charge in [-0.15, -0.1) is 0 Å². The summed E-state index contributed by atoms with van der Waals surface area (Å²) in [6.45, 7) is 15.8. The van der Waals surface area contributed by atoms with Gasteiger partial charge in [-0.2, -0.15) is 0 Å². The largest absolute Gasteiger partial charge is 0.327 e. The summed E-state index contributed by atoms with van der Waals surface area (Å²) in [6, 6.07) is 5.27. The van der Waals surface area contributed by atoms with Gasteiger partial charge < -0.3 is 14.4 Å². The fourth-order valence-corrected chi connectivity index (χ4v) is 6.44. The quantitative estimate of drug-likeness (QED) is 0.381. The van der Waals surface area contributed by atoms with E-state index in [4.69, 9.17) is 9.97 Å². The lowest BCUT2D eigenvalue weighted by atomic mass is 9.91. The van der Waals surface area contributed by atoms with Crippen molar-refractivity contribution in [1.29, 1.82) is 0 Å². The van der Waals surface area contributed by atoms with Gasteiger partial charge in [-0.25, -0.2) is 4.98 Å². The molecular formula is C31H48N6. The molecule has 37 heavy (non-hydrogen) atoms. The lowest BCUT2D eigenvalue weighted by Crippen LogP contribution is -2.45. The van der Waals surface area contributed by atoms with Crippen molar-refractivity contribution in [2.75, 3.05) is 40.8 Å². The number of rotatable bonds is 12. The number of imidazole rings is 1. The van der Waals surface area contributed by atoms with Crippen LogP contribution in [0.5, 0.6) is 0 Å². The van der Waals surface area contributed by atoms with Crippen LogP contribution < -0.4 is 0 Å². The first-order valence-corrected chi connectivity index (χ1v) is 14.3. The molecule has 4 rings (SSSR count). The molecule has 202 valence electrons. The molecule has 0 amide bonds. The van der Waals surface area contributed by atoms with Gasteiger partial charge >= 0.3 is 0 Å². The number of piperidine rings is 1. The number of nitrogens with zero attached hydrogens (tertiary/aromatic N) is 6. The lowest BCUT2D eigenvalue weighted by molar-refractivity contribution is 0.118. The van der Waals surface area contributed by atoms with Crippen molar-refractivity contribution >= 4 is 12.2 Å². The molecule has 1 fully saturated rings. The molecule has 6 heteroatoms. The van der Waals surface area contributed by atoms with Gasteiger partial charge in [0.2, 0.25) is 0 Å². The van der Waals surface area contributed by atoms with Crippen molar-refractivity contribution in [2.45, 2.75) is 77.0 Å². The predicted molar refractivity (Wildman–Crippen MR) is 155 cm³/mol. The molecule has 2 aliphatic rings. The topological polar surface area (TPSA) is 40.4 Å². The molecule has 0 saturated carbocycles. The van der Waals surface area contributed by atoms with Crippen molar-refractivity contribution in [3.8, 4) is 0 Å². The van der Waals surface area contributed by atoms with Crippen LogP contribution in [0.15, 0.2) is 31.5 Å². The number of fused-ring (bicyclic) bond motifs is 1. The third kappa shape index (κ3) is 6.60. The smallest absolute Gasteiger partial charge is 0.124 e. The van der Waals surface area contributed by atoms with Crippen LogP contribution in [-0.4, -0.2) is 76.1 Å². The summed E-state index contributed by atoms with van der Waals surface area (Å²) in [5.74, 6) is 1.73. The van der Waals surface area contributed by atoms with E-state index in [2.05, 4.69) is 72.6 Å². The molecule has 3 heterocycles. The standard InChI is InChI=1S/C31H48N6/c1-7-13-26(34(4)5)22-36-19-12-14-24(20-36)21-37-28(9-3)27(8-2)33-30(37)23-35(6)29-17-10-15-25-16-11-18-32-31(25)29/h8-9,11,16,18,24,26,29H,2-3,7,10,12-15,17,19-23H2,1,4-6H3/t24-,26-,29-/m0/s1. The molecule has 1 saturated heterocycles. The SMILES string of the molecule is C=Cc1nc(CN(C)[C@H]2CCCc3cccnc32)n(C[C@H]2CCCN(C[C@H](CCC)N(C)C)C2)c1C=C. The van der Waals surface area contributed by atoms with Crippen LogP contribution in [-0.2, 0) is 19.5 Å². The molecule has 0 unspecified atom stereocenters. The Bertz CT molecular complexity index is 1040. The Hall–Kier alpha value is -2.28. The van der Waals surface area contributed by atoms with E-state index >= 15 is 0 Å². The molecule has 0 N–H and O–H groups in total. The molecule has 1 aliphatic heterocycles. The van der Waals surface area contributed by atoms with E-state index in [1.807, 2.05) is 18.3 Å². The zero-order chi connectivity index (χ0) is 26.4. The Kier molecular flexibility index (Phi) is 9.74. The zero-order valence-corrected chi connectivity index (χ0v) is 23.7. The first-order valence-electron chi connectivity index (χ1n) is 14.3. The Morgan fingerprint density at radius 3 is 2.73 bits per heavy atom. The van der Waals surface area contributed by atoms with Crippen molar-refractivity contribution in [3.63, 3.8) is 0 Å². The maximum Gasteiger partial charge on any atom is 0.124 e. The minimum Gasteiger partial charge on any atom is -0.327 e. The number of aryl methyl sites for hydroxylation is 1. The second-order valence-corrected chi connectivity index (χ2v) is 11.4. The van der Waals surface area contributed by atoms with Crippen molar-refractivity contribution in [3.05, 3.63) is 60.0 Å². The number of hydrogen-bond donors (Lipinski definition) is 0. The molecule has 0 spiro atoms. The van der Waals surface area contributed by atoms with E-state index in [9.17, 15) is 0 Å². The Morgan fingerprint density at radius 1 is 1.16 bits per heavy atom. The maximum atomic E-state index is 5.06. The predicted octanol–water partition coefficient (Wildman–Crippen LogP) is 5.52. The first kappa shape index (κ1) is 27.7. The Balaban J connectivity index is 1.51. The third-order valence-electron chi connectivity index (χ3n) is 8.45. The number of likely N-dealkylation sites (tertiary alicyclic amines) is 1. The summed E-state index contributed by atoms with van der Waals surface area (Å²) in [5.41, 5.74) is 4.69. The van der Waals surface area contributed by atoms with Crippen LogP contribution in [0, 0.1) is 5.92 Å². The van der Waals surface area contributed by atoms with E-state index in [1.54, 1.807) is 0 Å². The van der Waals surface area contributed by atoms with Gasteiger partial charge in [-0.3, -0.25) is 9.88 Å². The average molecular weight is 505 g/mol. The van der Waals surface area contributed by atoms with Gasteiger partial charge in [0.1, 0.15) is 5.82 Å². The van der Waals surface area contributed by atoms with Gasteiger partial charge in [-0.1, -0.05) is 32.6 Å². The van der Waals surface area contributed by atoms with Gasteiger partial charge in [0, 0.05) is 31.9 Å². The van der Waals surface area contributed by atoms with Crippen molar-refractivity contribution in [1.82, 2.24) is 29.2 Å². The highest BCUT2D eigenvalue weighted by atomic mass is 15.2. The van der Waals surface area contributed by atoms with E-state index in [-0.39, 0.29) is 0 Å². The van der Waals surface area contributed by atoms with E-state index < -0.39 is 0 Å². The number of pyridine rings is 1. The number of hydrogen-bond acceptors (Lipinski definition) is 5. The van der Waals surface area contributed by atoms with Crippen LogP contribution in [0.25, 0.3) is 12.2 Å². The highest BCUT2D eigenvalue weighted by Gasteiger charge is 2.28. The van der Waals surface area contributed by atoms with Gasteiger partial charge in [0.15, 0.2) is 0 Å². The minimum atomic E-state index is 0.334. The summed E-state index contributed by atoms with van der Waals surface area (Å²) in [4.78, 5) is 17.4. The van der Waals surface area contributed by atoms with E-state index in [1.165, 1.54) is 49.9 Å². The Labute approximate surface area is 225 Å². The van der Waals surface area contributed by atoms with Gasteiger partial charge in [-0.05, 0) is 95.9 Å². The molecule has 0 aromatic carbocycles. The molecular weight excluding hydrogens is 456 g/mol.